The predicted molar refractivity (Wildman–Crippen MR) is 71.0 cm³/mol. The number of nitrogens with one attached hydrogen (secondary N) is 2. The number of rotatable bonds is 5. The van der Waals surface area contributed by atoms with E-state index in [0.717, 1.165) is 30.9 Å². The van der Waals surface area contributed by atoms with E-state index in [2.05, 4.69) is 49.4 Å². The second kappa shape index (κ2) is 5.73. The van der Waals surface area contributed by atoms with Gasteiger partial charge in [0, 0.05) is 13.1 Å². The smallest absolute Gasteiger partial charge is 0.0547 e. The average Bonchev–Trinajstić information content (AvgIpc) is 2.23. The third-order valence-corrected chi connectivity index (χ3v) is 2.14. The van der Waals surface area contributed by atoms with Gasteiger partial charge in [-0.15, -0.1) is 0 Å². The van der Waals surface area contributed by atoms with Gasteiger partial charge in [0.2, 0.25) is 0 Å². The fraction of sp³-hybridized carbons (Fsp3) is 0.615. The summed E-state index contributed by atoms with van der Waals surface area (Å²) in [6.07, 6.45) is 4.85. The second-order valence-corrected chi connectivity index (χ2v) is 5.30. The lowest BCUT2D eigenvalue weighted by Gasteiger charge is -2.19. The van der Waals surface area contributed by atoms with Gasteiger partial charge in [0.15, 0.2) is 0 Å². The van der Waals surface area contributed by atoms with Gasteiger partial charge in [-0.05, 0) is 17.9 Å². The van der Waals surface area contributed by atoms with Crippen LogP contribution in [0.3, 0.4) is 0 Å². The zero-order chi connectivity index (χ0) is 12.0. The van der Waals surface area contributed by atoms with E-state index in [1.54, 1.807) is 0 Å². The van der Waals surface area contributed by atoms with Gasteiger partial charge in [0.25, 0.3) is 0 Å². The topological polar surface area (TPSA) is 37.0 Å². The first-order valence-electron chi connectivity index (χ1n) is 5.94. The van der Waals surface area contributed by atoms with Gasteiger partial charge in [-0.3, -0.25) is 4.98 Å². The molecule has 0 spiro atoms. The van der Waals surface area contributed by atoms with Crippen LogP contribution in [0.2, 0.25) is 0 Å². The summed E-state index contributed by atoms with van der Waals surface area (Å²) >= 11 is 0. The van der Waals surface area contributed by atoms with Crippen molar-refractivity contribution in [3.63, 3.8) is 0 Å². The van der Waals surface area contributed by atoms with Crippen LogP contribution < -0.4 is 10.6 Å². The summed E-state index contributed by atoms with van der Waals surface area (Å²) in [4.78, 5) is 4.21. The third kappa shape index (κ3) is 5.01. The van der Waals surface area contributed by atoms with E-state index >= 15 is 0 Å². The minimum absolute atomic E-state index is 0.285. The molecule has 0 aliphatic heterocycles. The Hall–Kier alpha value is -1.25. The molecule has 1 aromatic heterocycles. The van der Waals surface area contributed by atoms with Crippen LogP contribution in [-0.2, 0) is 0 Å². The molecule has 0 aliphatic carbocycles. The van der Waals surface area contributed by atoms with Crippen molar-refractivity contribution in [1.82, 2.24) is 4.98 Å². The standard InChI is InChI=1S/C13H23N3/c1-5-6-15-11-7-12(9-14-8-11)16-10-13(2,3)4/h7-9,15-16H,5-6,10H2,1-4H3. The van der Waals surface area contributed by atoms with Crippen LogP contribution >= 0.6 is 0 Å². The molecular weight excluding hydrogens is 198 g/mol. The normalized spacial score (nSPS) is 11.2. The highest BCUT2D eigenvalue weighted by molar-refractivity contribution is 5.53. The molecule has 0 atom stereocenters. The van der Waals surface area contributed by atoms with Gasteiger partial charge in [0.1, 0.15) is 0 Å². The maximum atomic E-state index is 4.21. The van der Waals surface area contributed by atoms with E-state index in [0.29, 0.717) is 0 Å². The number of hydrogen-bond acceptors (Lipinski definition) is 3. The first-order chi connectivity index (χ1) is 7.51. The van der Waals surface area contributed by atoms with E-state index in [-0.39, 0.29) is 5.41 Å². The Kier molecular flexibility index (Phi) is 4.59. The summed E-state index contributed by atoms with van der Waals surface area (Å²) in [5.41, 5.74) is 2.45. The maximum Gasteiger partial charge on any atom is 0.0547 e. The molecule has 0 bridgehead atoms. The molecule has 1 rings (SSSR count). The van der Waals surface area contributed by atoms with Crippen molar-refractivity contribution in [2.24, 2.45) is 5.41 Å². The Morgan fingerprint density at radius 2 is 1.75 bits per heavy atom. The molecule has 90 valence electrons. The van der Waals surface area contributed by atoms with Crippen molar-refractivity contribution >= 4 is 11.4 Å². The quantitative estimate of drug-likeness (QED) is 0.800. The predicted octanol–water partition coefficient (Wildman–Crippen LogP) is 3.36. The highest BCUT2D eigenvalue weighted by Crippen LogP contribution is 2.17. The van der Waals surface area contributed by atoms with Crippen LogP contribution in [0.25, 0.3) is 0 Å². The molecule has 0 radical (unpaired) electrons. The number of pyridine rings is 1. The lowest BCUT2D eigenvalue weighted by molar-refractivity contribution is 0.443. The molecule has 3 nitrogen and oxygen atoms in total. The van der Waals surface area contributed by atoms with E-state index in [1.807, 2.05) is 12.4 Å². The fourth-order valence-corrected chi connectivity index (χ4v) is 1.27. The van der Waals surface area contributed by atoms with Crippen LogP contribution in [0, 0.1) is 5.41 Å². The van der Waals surface area contributed by atoms with Crippen LogP contribution in [0.1, 0.15) is 34.1 Å². The second-order valence-electron chi connectivity index (χ2n) is 5.30. The van der Waals surface area contributed by atoms with Crippen LogP contribution in [0.15, 0.2) is 18.5 Å². The highest BCUT2D eigenvalue weighted by Gasteiger charge is 2.09. The Balaban J connectivity index is 2.53. The monoisotopic (exact) mass is 221 g/mol. The van der Waals surface area contributed by atoms with Crippen molar-refractivity contribution in [3.05, 3.63) is 18.5 Å². The molecule has 0 saturated heterocycles. The van der Waals surface area contributed by atoms with Crippen LogP contribution in [-0.4, -0.2) is 18.1 Å². The molecule has 2 N–H and O–H groups in total. The SMILES string of the molecule is CCCNc1cncc(NCC(C)(C)C)c1. The van der Waals surface area contributed by atoms with E-state index in [1.165, 1.54) is 0 Å². The van der Waals surface area contributed by atoms with Crippen LogP contribution in [0.5, 0.6) is 0 Å². The van der Waals surface area contributed by atoms with E-state index < -0.39 is 0 Å². The van der Waals surface area contributed by atoms with E-state index in [9.17, 15) is 0 Å². The molecule has 0 amide bonds. The van der Waals surface area contributed by atoms with Gasteiger partial charge in [-0.25, -0.2) is 0 Å². The van der Waals surface area contributed by atoms with Gasteiger partial charge in [-0.1, -0.05) is 27.7 Å². The molecule has 0 aliphatic rings. The van der Waals surface area contributed by atoms with Crippen molar-refractivity contribution in [2.75, 3.05) is 23.7 Å². The molecule has 0 unspecified atom stereocenters. The molecule has 0 fully saturated rings. The van der Waals surface area contributed by atoms with Crippen LogP contribution in [0.4, 0.5) is 11.4 Å². The number of nitrogens with zero attached hydrogens (tertiary/aromatic N) is 1. The maximum absolute atomic E-state index is 4.21. The first kappa shape index (κ1) is 12.8. The lowest BCUT2D eigenvalue weighted by atomic mass is 9.97. The third-order valence-electron chi connectivity index (χ3n) is 2.14. The summed E-state index contributed by atoms with van der Waals surface area (Å²) in [5.74, 6) is 0. The minimum Gasteiger partial charge on any atom is -0.384 e. The largest absolute Gasteiger partial charge is 0.384 e. The van der Waals surface area contributed by atoms with Gasteiger partial charge >= 0.3 is 0 Å². The Bertz CT molecular complexity index is 315. The van der Waals surface area contributed by atoms with Gasteiger partial charge in [0.05, 0.1) is 23.8 Å². The van der Waals surface area contributed by atoms with Crippen molar-refractivity contribution < 1.29 is 0 Å². The zero-order valence-corrected chi connectivity index (χ0v) is 10.8. The molecule has 16 heavy (non-hydrogen) atoms. The number of hydrogen-bond donors (Lipinski definition) is 2. The highest BCUT2D eigenvalue weighted by atomic mass is 14.9. The summed E-state index contributed by atoms with van der Waals surface area (Å²) < 4.78 is 0. The molecule has 1 aromatic rings. The van der Waals surface area contributed by atoms with Gasteiger partial charge < -0.3 is 10.6 Å². The Morgan fingerprint density at radius 3 is 2.31 bits per heavy atom. The van der Waals surface area contributed by atoms with Crippen molar-refractivity contribution in [1.29, 1.82) is 0 Å². The summed E-state index contributed by atoms with van der Waals surface area (Å²) in [7, 11) is 0. The number of anilines is 2. The summed E-state index contributed by atoms with van der Waals surface area (Å²) in [6.45, 7) is 10.7. The molecule has 1 heterocycles. The fourth-order valence-electron chi connectivity index (χ4n) is 1.27. The van der Waals surface area contributed by atoms with E-state index in [4.69, 9.17) is 0 Å². The Morgan fingerprint density at radius 1 is 1.12 bits per heavy atom. The molecular formula is C13H23N3. The molecule has 0 saturated carbocycles. The minimum atomic E-state index is 0.285. The summed E-state index contributed by atoms with van der Waals surface area (Å²) in [5, 5.41) is 6.73. The Labute approximate surface area is 98.7 Å². The molecule has 3 heteroatoms. The lowest BCUT2D eigenvalue weighted by Crippen LogP contribution is -2.19. The van der Waals surface area contributed by atoms with Gasteiger partial charge in [-0.2, -0.15) is 0 Å². The van der Waals surface area contributed by atoms with Crippen molar-refractivity contribution in [2.45, 2.75) is 34.1 Å². The van der Waals surface area contributed by atoms with Crippen molar-refractivity contribution in [3.8, 4) is 0 Å². The number of aromatic nitrogens is 1. The molecule has 0 aromatic carbocycles. The zero-order valence-electron chi connectivity index (χ0n) is 10.8. The first-order valence-corrected chi connectivity index (χ1v) is 5.94. The average molecular weight is 221 g/mol. The summed E-state index contributed by atoms with van der Waals surface area (Å²) in [6, 6.07) is 2.11.